The smallest absolute Gasteiger partial charge is 0.219 e. The van der Waals surface area contributed by atoms with E-state index in [1.54, 1.807) is 0 Å². The van der Waals surface area contributed by atoms with Gasteiger partial charge in [0.2, 0.25) is 5.91 Å². The minimum absolute atomic E-state index is 0.0186. The summed E-state index contributed by atoms with van der Waals surface area (Å²) in [5.41, 5.74) is 13.5. The number of amides is 1. The van der Waals surface area contributed by atoms with Gasteiger partial charge in [0.15, 0.2) is 0 Å². The van der Waals surface area contributed by atoms with E-state index in [4.69, 9.17) is 11.5 Å². The lowest BCUT2D eigenvalue weighted by Crippen LogP contribution is -2.23. The van der Waals surface area contributed by atoms with Crippen LogP contribution in [0.4, 0.5) is 0 Å². The summed E-state index contributed by atoms with van der Waals surface area (Å²) < 4.78 is 0. The Balaban J connectivity index is 3.52. The molecule has 0 spiro atoms. The topological polar surface area (TPSA) is 89.3 Å². The van der Waals surface area contributed by atoms with E-state index in [1.807, 2.05) is 32.9 Å². The molecule has 1 aromatic rings. The van der Waals surface area contributed by atoms with E-state index in [2.05, 4.69) is 20.8 Å². The minimum atomic E-state index is -0.592. The molecule has 4 heteroatoms. The molecular weight excluding hydrogens is 264 g/mol. The second-order valence-corrected chi connectivity index (χ2v) is 7.74. The van der Waals surface area contributed by atoms with Crippen LogP contribution in [-0.2, 0) is 15.6 Å². The number of phenolic OH excluding ortho intramolecular Hbond substituents is 1. The Hall–Kier alpha value is -1.55. The zero-order chi connectivity index (χ0) is 16.6. The summed E-state index contributed by atoms with van der Waals surface area (Å²) in [6.45, 7) is 12.4. The Labute approximate surface area is 127 Å². The molecule has 1 atom stereocenters. The van der Waals surface area contributed by atoms with Gasteiger partial charge in [-0.2, -0.15) is 0 Å². The van der Waals surface area contributed by atoms with Crippen LogP contribution in [0.5, 0.6) is 5.75 Å². The first-order valence-corrected chi connectivity index (χ1v) is 7.25. The SMILES string of the molecule is CC(C)(C)c1cc(C(N)CC(N)=O)c(O)c(C(C)(C)C)c1. The number of carbonyl (C=O) groups is 1. The highest BCUT2D eigenvalue weighted by Gasteiger charge is 2.27. The molecule has 0 aliphatic heterocycles. The summed E-state index contributed by atoms with van der Waals surface area (Å²) in [4.78, 5) is 11.1. The molecule has 0 aliphatic rings. The highest BCUT2D eigenvalue weighted by molar-refractivity contribution is 5.75. The molecule has 21 heavy (non-hydrogen) atoms. The maximum absolute atomic E-state index is 11.1. The number of hydrogen-bond donors (Lipinski definition) is 3. The van der Waals surface area contributed by atoms with E-state index in [-0.39, 0.29) is 23.0 Å². The van der Waals surface area contributed by atoms with E-state index in [9.17, 15) is 9.90 Å². The first kappa shape index (κ1) is 17.5. The first-order valence-electron chi connectivity index (χ1n) is 7.25. The summed E-state index contributed by atoms with van der Waals surface area (Å²) >= 11 is 0. The number of aromatic hydroxyl groups is 1. The molecule has 0 saturated heterocycles. The van der Waals surface area contributed by atoms with Gasteiger partial charge < -0.3 is 16.6 Å². The number of rotatable bonds is 3. The fraction of sp³-hybridized carbons (Fsp3) is 0.588. The van der Waals surface area contributed by atoms with Gasteiger partial charge in [0.25, 0.3) is 0 Å². The highest BCUT2D eigenvalue weighted by Crippen LogP contribution is 2.39. The molecule has 0 heterocycles. The van der Waals surface area contributed by atoms with Crippen LogP contribution in [0.3, 0.4) is 0 Å². The number of benzene rings is 1. The molecular formula is C17H28N2O2. The number of hydrogen-bond acceptors (Lipinski definition) is 3. The van der Waals surface area contributed by atoms with Crippen molar-refractivity contribution in [1.29, 1.82) is 0 Å². The van der Waals surface area contributed by atoms with Crippen molar-refractivity contribution in [3.05, 3.63) is 28.8 Å². The molecule has 1 rings (SSSR count). The van der Waals surface area contributed by atoms with E-state index in [0.29, 0.717) is 5.56 Å². The molecule has 0 bridgehead atoms. The lowest BCUT2D eigenvalue weighted by Gasteiger charge is -2.28. The predicted molar refractivity (Wildman–Crippen MR) is 86.2 cm³/mol. The van der Waals surface area contributed by atoms with E-state index in [0.717, 1.165) is 11.1 Å². The third kappa shape index (κ3) is 4.21. The molecule has 1 unspecified atom stereocenters. The molecule has 0 fully saturated rings. The van der Waals surface area contributed by atoms with Crippen molar-refractivity contribution < 1.29 is 9.90 Å². The van der Waals surface area contributed by atoms with E-state index >= 15 is 0 Å². The van der Waals surface area contributed by atoms with Crippen LogP contribution in [-0.4, -0.2) is 11.0 Å². The highest BCUT2D eigenvalue weighted by atomic mass is 16.3. The monoisotopic (exact) mass is 292 g/mol. The molecule has 1 amide bonds. The Morgan fingerprint density at radius 3 is 2.05 bits per heavy atom. The lowest BCUT2D eigenvalue weighted by molar-refractivity contribution is -0.118. The van der Waals surface area contributed by atoms with Crippen LogP contribution >= 0.6 is 0 Å². The molecule has 1 aromatic carbocycles. The number of primary amides is 1. The van der Waals surface area contributed by atoms with Crippen LogP contribution < -0.4 is 11.5 Å². The van der Waals surface area contributed by atoms with Crippen molar-refractivity contribution in [2.45, 2.75) is 64.8 Å². The third-order valence-electron chi connectivity index (χ3n) is 3.63. The van der Waals surface area contributed by atoms with Gasteiger partial charge in [-0.05, 0) is 28.0 Å². The van der Waals surface area contributed by atoms with Crippen molar-refractivity contribution in [3.63, 3.8) is 0 Å². The second-order valence-electron chi connectivity index (χ2n) is 7.74. The van der Waals surface area contributed by atoms with E-state index < -0.39 is 11.9 Å². The standard InChI is InChI=1S/C17H28N2O2/c1-16(2,3)10-7-11(13(18)9-14(19)20)15(21)12(8-10)17(4,5)6/h7-8,13,21H,9,18H2,1-6H3,(H2,19,20). The molecule has 5 N–H and O–H groups in total. The largest absolute Gasteiger partial charge is 0.507 e. The van der Waals surface area contributed by atoms with Gasteiger partial charge in [-0.1, -0.05) is 47.6 Å². The van der Waals surface area contributed by atoms with Gasteiger partial charge in [0.1, 0.15) is 5.75 Å². The Morgan fingerprint density at radius 2 is 1.67 bits per heavy atom. The van der Waals surface area contributed by atoms with Crippen LogP contribution in [0.15, 0.2) is 12.1 Å². The summed E-state index contributed by atoms with van der Waals surface area (Å²) in [7, 11) is 0. The fourth-order valence-electron chi connectivity index (χ4n) is 2.27. The van der Waals surface area contributed by atoms with Gasteiger partial charge in [-0.15, -0.1) is 0 Å². The zero-order valence-electron chi connectivity index (χ0n) is 13.9. The van der Waals surface area contributed by atoms with Gasteiger partial charge in [-0.3, -0.25) is 4.79 Å². The van der Waals surface area contributed by atoms with Crippen molar-refractivity contribution in [1.82, 2.24) is 0 Å². The molecule has 0 aliphatic carbocycles. The van der Waals surface area contributed by atoms with Gasteiger partial charge >= 0.3 is 0 Å². The van der Waals surface area contributed by atoms with Crippen molar-refractivity contribution in [3.8, 4) is 5.75 Å². The van der Waals surface area contributed by atoms with E-state index in [1.165, 1.54) is 0 Å². The quantitative estimate of drug-likeness (QED) is 0.800. The molecule has 4 nitrogen and oxygen atoms in total. The predicted octanol–water partition coefficient (Wildman–Crippen LogP) is 2.86. The number of carbonyl (C=O) groups excluding carboxylic acids is 1. The van der Waals surface area contributed by atoms with Crippen LogP contribution in [0.2, 0.25) is 0 Å². The summed E-state index contributed by atoms with van der Waals surface area (Å²) in [5.74, 6) is -0.301. The fourth-order valence-corrected chi connectivity index (χ4v) is 2.27. The zero-order valence-corrected chi connectivity index (χ0v) is 13.9. The van der Waals surface area contributed by atoms with Crippen LogP contribution in [0.25, 0.3) is 0 Å². The average Bonchev–Trinajstić information content (AvgIpc) is 2.24. The Kier molecular flexibility index (Phi) is 4.73. The van der Waals surface area contributed by atoms with Crippen molar-refractivity contribution >= 4 is 5.91 Å². The molecule has 118 valence electrons. The maximum Gasteiger partial charge on any atom is 0.219 e. The average molecular weight is 292 g/mol. The summed E-state index contributed by atoms with van der Waals surface area (Å²) in [6, 6.07) is 3.32. The maximum atomic E-state index is 11.1. The first-order chi connectivity index (χ1) is 9.34. The van der Waals surface area contributed by atoms with Crippen molar-refractivity contribution in [2.24, 2.45) is 11.5 Å². The number of nitrogens with two attached hydrogens (primary N) is 2. The molecule has 0 saturated carbocycles. The summed E-state index contributed by atoms with van der Waals surface area (Å²) in [5, 5.41) is 10.6. The Morgan fingerprint density at radius 1 is 1.14 bits per heavy atom. The Bertz CT molecular complexity index is 537. The molecule has 0 aromatic heterocycles. The van der Waals surface area contributed by atoms with Crippen LogP contribution in [0.1, 0.15) is 70.7 Å². The summed E-state index contributed by atoms with van der Waals surface area (Å²) in [6.07, 6.45) is 0.0186. The van der Waals surface area contributed by atoms with Crippen molar-refractivity contribution in [2.75, 3.05) is 0 Å². The number of phenols is 1. The van der Waals surface area contributed by atoms with Gasteiger partial charge in [0, 0.05) is 18.0 Å². The second kappa shape index (κ2) is 5.68. The third-order valence-corrected chi connectivity index (χ3v) is 3.63. The normalized spacial score (nSPS) is 14.0. The minimum Gasteiger partial charge on any atom is -0.507 e. The lowest BCUT2D eigenvalue weighted by atomic mass is 9.78. The molecule has 0 radical (unpaired) electrons. The van der Waals surface area contributed by atoms with Crippen LogP contribution in [0, 0.1) is 0 Å². The van der Waals surface area contributed by atoms with Gasteiger partial charge in [-0.25, -0.2) is 0 Å². The van der Waals surface area contributed by atoms with Gasteiger partial charge in [0.05, 0.1) is 0 Å².